The fourth-order valence-corrected chi connectivity index (χ4v) is 4.93. The molecule has 0 unspecified atom stereocenters. The molecule has 0 heterocycles. The molecule has 0 N–H and O–H groups in total. The Morgan fingerprint density at radius 1 is 0.583 bits per heavy atom. The Kier molecular flexibility index (Phi) is 9.85. The van der Waals surface area contributed by atoms with Crippen LogP contribution in [0.2, 0.25) is 0 Å². The van der Waals surface area contributed by atoms with Crippen LogP contribution >= 0.6 is 0 Å². The molecule has 2 fully saturated rings. The first-order chi connectivity index (χ1) is 11.8. The summed E-state index contributed by atoms with van der Waals surface area (Å²) in [5.41, 5.74) is 0. The van der Waals surface area contributed by atoms with Crippen LogP contribution in [0.15, 0.2) is 24.3 Å². The third kappa shape index (κ3) is 7.58. The fourth-order valence-electron chi connectivity index (χ4n) is 4.93. The SMILES string of the molecule is CCCC1CCC(C=CCCC=CC2CCC(CCC)CC2)CC1. The maximum Gasteiger partial charge on any atom is -0.0233 e. The van der Waals surface area contributed by atoms with Crippen molar-refractivity contribution >= 4 is 0 Å². The van der Waals surface area contributed by atoms with Crippen LogP contribution in [0.3, 0.4) is 0 Å². The lowest BCUT2D eigenvalue weighted by Crippen LogP contribution is -2.12. The van der Waals surface area contributed by atoms with Gasteiger partial charge in [-0.15, -0.1) is 0 Å². The number of hydrogen-bond acceptors (Lipinski definition) is 0. The molecule has 0 aromatic carbocycles. The van der Waals surface area contributed by atoms with Crippen LogP contribution < -0.4 is 0 Å². The third-order valence-electron chi connectivity index (χ3n) is 6.49. The number of hydrogen-bond donors (Lipinski definition) is 0. The fraction of sp³-hybridized carbons (Fsp3) is 0.833. The van der Waals surface area contributed by atoms with E-state index in [1.54, 1.807) is 0 Å². The van der Waals surface area contributed by atoms with Crippen LogP contribution in [0.4, 0.5) is 0 Å². The van der Waals surface area contributed by atoms with Gasteiger partial charge in [-0.3, -0.25) is 0 Å². The molecule has 0 amide bonds. The average Bonchev–Trinajstić information content (AvgIpc) is 2.61. The topological polar surface area (TPSA) is 0 Å². The minimum atomic E-state index is 0.885. The summed E-state index contributed by atoms with van der Waals surface area (Å²) in [4.78, 5) is 0. The molecule has 0 spiro atoms. The first-order valence-corrected chi connectivity index (χ1v) is 11.1. The molecule has 0 atom stereocenters. The Balaban J connectivity index is 1.52. The Bertz CT molecular complexity index is 312. The molecule has 138 valence electrons. The molecule has 0 bridgehead atoms. The van der Waals surface area contributed by atoms with Gasteiger partial charge in [-0.05, 0) is 87.9 Å². The van der Waals surface area contributed by atoms with Gasteiger partial charge in [0.15, 0.2) is 0 Å². The molecule has 2 aliphatic rings. The van der Waals surface area contributed by atoms with E-state index in [9.17, 15) is 0 Å². The summed E-state index contributed by atoms with van der Waals surface area (Å²) >= 11 is 0. The molecule has 0 aromatic heterocycles. The Labute approximate surface area is 152 Å². The molecule has 2 rings (SSSR count). The summed E-state index contributed by atoms with van der Waals surface area (Å²) in [7, 11) is 0. The van der Waals surface area contributed by atoms with E-state index in [1.165, 1.54) is 89.9 Å². The summed E-state index contributed by atoms with van der Waals surface area (Å²) in [5, 5.41) is 0. The normalized spacial score (nSPS) is 31.9. The molecule has 0 saturated heterocycles. The van der Waals surface area contributed by atoms with Gasteiger partial charge in [-0.25, -0.2) is 0 Å². The lowest BCUT2D eigenvalue weighted by Gasteiger charge is -2.26. The molecule has 0 radical (unpaired) electrons. The van der Waals surface area contributed by atoms with Crippen molar-refractivity contribution in [1.29, 1.82) is 0 Å². The van der Waals surface area contributed by atoms with Crippen LogP contribution in [0.25, 0.3) is 0 Å². The summed E-state index contributed by atoms with van der Waals surface area (Å²) in [5.74, 6) is 3.84. The van der Waals surface area contributed by atoms with E-state index in [2.05, 4.69) is 38.2 Å². The largest absolute Gasteiger partial charge is 0.0880 e. The Morgan fingerprint density at radius 2 is 0.958 bits per heavy atom. The van der Waals surface area contributed by atoms with E-state index in [-0.39, 0.29) is 0 Å². The Hall–Kier alpha value is -0.520. The van der Waals surface area contributed by atoms with Gasteiger partial charge < -0.3 is 0 Å². The van der Waals surface area contributed by atoms with Gasteiger partial charge in [0.05, 0.1) is 0 Å². The van der Waals surface area contributed by atoms with Crippen LogP contribution in [-0.4, -0.2) is 0 Å². The van der Waals surface area contributed by atoms with E-state index >= 15 is 0 Å². The van der Waals surface area contributed by atoms with Crippen LogP contribution in [0.1, 0.15) is 104 Å². The van der Waals surface area contributed by atoms with Crippen molar-refractivity contribution < 1.29 is 0 Å². The van der Waals surface area contributed by atoms with Gasteiger partial charge in [0.1, 0.15) is 0 Å². The zero-order valence-electron chi connectivity index (χ0n) is 16.5. The molecule has 0 aliphatic heterocycles. The van der Waals surface area contributed by atoms with Crippen LogP contribution in [0.5, 0.6) is 0 Å². The van der Waals surface area contributed by atoms with E-state index in [1.807, 2.05) is 0 Å². The van der Waals surface area contributed by atoms with E-state index in [4.69, 9.17) is 0 Å². The maximum absolute atomic E-state index is 2.53. The molecule has 2 saturated carbocycles. The monoisotopic (exact) mass is 330 g/mol. The lowest BCUT2D eigenvalue weighted by molar-refractivity contribution is 0.293. The summed E-state index contributed by atoms with van der Waals surface area (Å²) in [6.45, 7) is 4.66. The van der Waals surface area contributed by atoms with Gasteiger partial charge in [-0.2, -0.15) is 0 Å². The van der Waals surface area contributed by atoms with Crippen molar-refractivity contribution in [3.8, 4) is 0 Å². The molecule has 0 nitrogen and oxygen atoms in total. The molecule has 0 aromatic rings. The molecular formula is C24H42. The Morgan fingerprint density at radius 3 is 1.29 bits per heavy atom. The van der Waals surface area contributed by atoms with E-state index in [0.29, 0.717) is 0 Å². The van der Waals surface area contributed by atoms with Gasteiger partial charge in [0, 0.05) is 0 Å². The summed E-state index contributed by atoms with van der Waals surface area (Å²) < 4.78 is 0. The second-order valence-electron chi connectivity index (χ2n) is 8.57. The van der Waals surface area contributed by atoms with Gasteiger partial charge >= 0.3 is 0 Å². The third-order valence-corrected chi connectivity index (χ3v) is 6.49. The first-order valence-electron chi connectivity index (χ1n) is 11.1. The molecular weight excluding hydrogens is 288 g/mol. The van der Waals surface area contributed by atoms with Gasteiger partial charge in [0.25, 0.3) is 0 Å². The molecule has 2 aliphatic carbocycles. The molecule has 0 heteroatoms. The second kappa shape index (κ2) is 11.9. The highest BCUT2D eigenvalue weighted by atomic mass is 14.2. The predicted molar refractivity (Wildman–Crippen MR) is 108 cm³/mol. The van der Waals surface area contributed by atoms with Crippen molar-refractivity contribution in [3.05, 3.63) is 24.3 Å². The van der Waals surface area contributed by atoms with Gasteiger partial charge in [0.2, 0.25) is 0 Å². The highest BCUT2D eigenvalue weighted by Gasteiger charge is 2.19. The zero-order valence-corrected chi connectivity index (χ0v) is 16.5. The number of rotatable bonds is 9. The van der Waals surface area contributed by atoms with Crippen molar-refractivity contribution in [2.24, 2.45) is 23.7 Å². The standard InChI is InChI=1S/C24H42/c1-3-9-21-13-17-23(18-14-21)11-7-5-6-8-12-24-19-15-22(10-4-2)16-20-24/h7-8,11-12,21-24H,3-6,9-10,13-20H2,1-2H3. The van der Waals surface area contributed by atoms with Crippen molar-refractivity contribution in [1.82, 2.24) is 0 Å². The van der Waals surface area contributed by atoms with E-state index in [0.717, 1.165) is 23.7 Å². The van der Waals surface area contributed by atoms with Crippen molar-refractivity contribution in [2.75, 3.05) is 0 Å². The summed E-state index contributed by atoms with van der Waals surface area (Å²) in [6, 6.07) is 0. The second-order valence-corrected chi connectivity index (χ2v) is 8.57. The smallest absolute Gasteiger partial charge is 0.0233 e. The predicted octanol–water partition coefficient (Wildman–Crippen LogP) is 8.09. The molecule has 24 heavy (non-hydrogen) atoms. The number of unbranched alkanes of at least 4 members (excludes halogenated alkanes) is 1. The minimum absolute atomic E-state index is 0.885. The van der Waals surface area contributed by atoms with Crippen LogP contribution in [-0.2, 0) is 0 Å². The summed E-state index contributed by atoms with van der Waals surface area (Å²) in [6.07, 6.45) is 29.8. The van der Waals surface area contributed by atoms with E-state index < -0.39 is 0 Å². The minimum Gasteiger partial charge on any atom is -0.0880 e. The highest BCUT2D eigenvalue weighted by Crippen LogP contribution is 2.33. The van der Waals surface area contributed by atoms with Crippen molar-refractivity contribution in [3.63, 3.8) is 0 Å². The number of allylic oxidation sites excluding steroid dienone is 4. The quantitative estimate of drug-likeness (QED) is 0.296. The van der Waals surface area contributed by atoms with Crippen molar-refractivity contribution in [2.45, 2.75) is 104 Å². The highest BCUT2D eigenvalue weighted by molar-refractivity contribution is 4.95. The first kappa shape index (κ1) is 19.8. The lowest BCUT2D eigenvalue weighted by atomic mass is 9.80. The zero-order chi connectivity index (χ0) is 17.0. The van der Waals surface area contributed by atoms with Crippen LogP contribution in [0, 0.1) is 23.7 Å². The average molecular weight is 331 g/mol. The van der Waals surface area contributed by atoms with Gasteiger partial charge in [-0.1, -0.05) is 63.8 Å². The maximum atomic E-state index is 2.53.